The highest BCUT2D eigenvalue weighted by atomic mass is 16.2. The van der Waals surface area contributed by atoms with E-state index in [0.717, 1.165) is 19.5 Å². The van der Waals surface area contributed by atoms with Gasteiger partial charge in [-0.1, -0.05) is 43.4 Å². The first-order chi connectivity index (χ1) is 10.5. The number of hydrogen-bond donors (Lipinski definition) is 2. The van der Waals surface area contributed by atoms with Crippen molar-refractivity contribution in [3.8, 4) is 0 Å². The average molecular weight is 298 g/mol. The van der Waals surface area contributed by atoms with E-state index in [1.165, 1.54) is 11.1 Å². The van der Waals surface area contributed by atoms with Crippen molar-refractivity contribution < 1.29 is 4.79 Å². The molecule has 3 atom stereocenters. The molecule has 22 heavy (non-hydrogen) atoms. The average Bonchev–Trinajstić information content (AvgIpc) is 3.15. The van der Waals surface area contributed by atoms with Crippen LogP contribution < -0.4 is 10.6 Å². The molecule has 1 heterocycles. The number of carbonyl (C=O) groups excluding carboxylic acids is 1. The topological polar surface area (TPSA) is 41.1 Å². The minimum Gasteiger partial charge on any atom is -0.347 e. The first kappa shape index (κ1) is 15.3. The van der Waals surface area contributed by atoms with Gasteiger partial charge in [0.15, 0.2) is 0 Å². The summed E-state index contributed by atoms with van der Waals surface area (Å²) in [7, 11) is 0. The molecular formula is C19H26N2O. The molecule has 0 saturated carbocycles. The van der Waals surface area contributed by atoms with Crippen LogP contribution in [0.15, 0.2) is 47.6 Å². The molecule has 2 aliphatic carbocycles. The number of amides is 1. The molecule has 3 heteroatoms. The standard InChI is InChI=1S/C19H26N2O/c1-13(15-10-11-20-12-15)18(22)21-19(2,3)17-9-8-14-6-4-5-7-16(14)17/h4-9,13,15-16,20H,10-12H2,1-3H3,(H,21,22)/t13?,15-,16?/m1/s1. The zero-order valence-electron chi connectivity index (χ0n) is 13.7. The van der Waals surface area contributed by atoms with E-state index in [-0.39, 0.29) is 17.4 Å². The summed E-state index contributed by atoms with van der Waals surface area (Å²) in [6.45, 7) is 8.26. The van der Waals surface area contributed by atoms with Gasteiger partial charge in [0.2, 0.25) is 5.91 Å². The number of rotatable bonds is 4. The fourth-order valence-corrected chi connectivity index (χ4v) is 3.70. The third kappa shape index (κ3) is 2.82. The molecule has 2 unspecified atom stereocenters. The van der Waals surface area contributed by atoms with Crippen molar-refractivity contribution >= 4 is 5.91 Å². The van der Waals surface area contributed by atoms with Crippen molar-refractivity contribution in [3.05, 3.63) is 47.6 Å². The lowest BCUT2D eigenvalue weighted by Crippen LogP contribution is -2.49. The Morgan fingerprint density at radius 3 is 2.91 bits per heavy atom. The predicted molar refractivity (Wildman–Crippen MR) is 90.3 cm³/mol. The van der Waals surface area contributed by atoms with Crippen LogP contribution in [0.4, 0.5) is 0 Å². The van der Waals surface area contributed by atoms with Crippen LogP contribution in [0.1, 0.15) is 27.2 Å². The summed E-state index contributed by atoms with van der Waals surface area (Å²) in [4.78, 5) is 12.6. The Labute approximate surface area is 133 Å². The maximum absolute atomic E-state index is 12.6. The highest BCUT2D eigenvalue weighted by Gasteiger charge is 2.36. The first-order valence-corrected chi connectivity index (χ1v) is 8.29. The van der Waals surface area contributed by atoms with Crippen LogP contribution in [0.5, 0.6) is 0 Å². The highest BCUT2D eigenvalue weighted by molar-refractivity contribution is 5.80. The SMILES string of the molecule is CC(C(=O)NC(C)(C)C1=CC=C2C=CC=CC21)[C@@H]1CCNC1. The van der Waals surface area contributed by atoms with E-state index in [1.54, 1.807) is 0 Å². The van der Waals surface area contributed by atoms with Gasteiger partial charge in [-0.15, -0.1) is 0 Å². The molecular weight excluding hydrogens is 272 g/mol. The maximum Gasteiger partial charge on any atom is 0.223 e. The smallest absolute Gasteiger partial charge is 0.223 e. The third-order valence-corrected chi connectivity index (χ3v) is 5.23. The molecule has 1 fully saturated rings. The van der Waals surface area contributed by atoms with Crippen molar-refractivity contribution in [3.63, 3.8) is 0 Å². The number of allylic oxidation sites excluding steroid dienone is 7. The normalized spacial score (nSPS) is 28.1. The fourth-order valence-electron chi connectivity index (χ4n) is 3.70. The molecule has 1 aliphatic heterocycles. The van der Waals surface area contributed by atoms with E-state index >= 15 is 0 Å². The summed E-state index contributed by atoms with van der Waals surface area (Å²) >= 11 is 0. The molecule has 3 aliphatic rings. The van der Waals surface area contributed by atoms with Gasteiger partial charge in [-0.3, -0.25) is 4.79 Å². The molecule has 1 saturated heterocycles. The molecule has 1 amide bonds. The van der Waals surface area contributed by atoms with E-state index in [9.17, 15) is 4.79 Å². The summed E-state index contributed by atoms with van der Waals surface area (Å²) in [6.07, 6.45) is 14.0. The van der Waals surface area contributed by atoms with Gasteiger partial charge in [0.25, 0.3) is 0 Å². The lowest BCUT2D eigenvalue weighted by molar-refractivity contribution is -0.127. The largest absolute Gasteiger partial charge is 0.347 e. The van der Waals surface area contributed by atoms with Gasteiger partial charge < -0.3 is 10.6 Å². The number of nitrogens with one attached hydrogen (secondary N) is 2. The molecule has 3 nitrogen and oxygen atoms in total. The summed E-state index contributed by atoms with van der Waals surface area (Å²) in [5.41, 5.74) is 2.26. The second kappa shape index (κ2) is 5.88. The van der Waals surface area contributed by atoms with E-state index in [4.69, 9.17) is 0 Å². The highest BCUT2D eigenvalue weighted by Crippen LogP contribution is 2.37. The van der Waals surface area contributed by atoms with Crippen molar-refractivity contribution in [1.29, 1.82) is 0 Å². The molecule has 0 aromatic heterocycles. The summed E-state index contributed by atoms with van der Waals surface area (Å²) in [6, 6.07) is 0. The number of carbonyl (C=O) groups is 1. The van der Waals surface area contributed by atoms with Crippen LogP contribution in [-0.4, -0.2) is 24.5 Å². The minimum atomic E-state index is -0.324. The summed E-state index contributed by atoms with van der Waals surface area (Å²) in [5.74, 6) is 0.997. The van der Waals surface area contributed by atoms with E-state index in [0.29, 0.717) is 11.8 Å². The van der Waals surface area contributed by atoms with Crippen LogP contribution in [0.25, 0.3) is 0 Å². The Balaban J connectivity index is 1.67. The van der Waals surface area contributed by atoms with Crippen LogP contribution in [0, 0.1) is 17.8 Å². The zero-order valence-corrected chi connectivity index (χ0v) is 13.7. The van der Waals surface area contributed by atoms with Crippen LogP contribution in [0.3, 0.4) is 0 Å². The van der Waals surface area contributed by atoms with Crippen molar-refractivity contribution in [2.75, 3.05) is 13.1 Å². The van der Waals surface area contributed by atoms with Gasteiger partial charge in [-0.25, -0.2) is 0 Å². The molecule has 2 N–H and O–H groups in total. The molecule has 0 radical (unpaired) electrons. The molecule has 118 valence electrons. The Morgan fingerprint density at radius 2 is 2.18 bits per heavy atom. The molecule has 0 bridgehead atoms. The van der Waals surface area contributed by atoms with E-state index in [2.05, 4.69) is 67.9 Å². The lowest BCUT2D eigenvalue weighted by Gasteiger charge is -2.34. The van der Waals surface area contributed by atoms with E-state index in [1.807, 2.05) is 0 Å². The van der Waals surface area contributed by atoms with Gasteiger partial charge in [0, 0.05) is 11.8 Å². The molecule has 0 aromatic carbocycles. The van der Waals surface area contributed by atoms with Gasteiger partial charge >= 0.3 is 0 Å². The second-order valence-electron chi connectivity index (χ2n) is 7.17. The quantitative estimate of drug-likeness (QED) is 0.838. The Kier molecular flexibility index (Phi) is 4.09. The summed E-state index contributed by atoms with van der Waals surface area (Å²) in [5, 5.41) is 6.63. The van der Waals surface area contributed by atoms with Crippen molar-refractivity contribution in [1.82, 2.24) is 10.6 Å². The lowest BCUT2D eigenvalue weighted by atomic mass is 9.81. The second-order valence-corrected chi connectivity index (χ2v) is 7.17. The number of fused-ring (bicyclic) bond motifs is 1. The molecule has 0 spiro atoms. The van der Waals surface area contributed by atoms with Crippen molar-refractivity contribution in [2.45, 2.75) is 32.7 Å². The fraction of sp³-hybridized carbons (Fsp3) is 0.526. The third-order valence-electron chi connectivity index (χ3n) is 5.23. The van der Waals surface area contributed by atoms with Crippen molar-refractivity contribution in [2.24, 2.45) is 17.8 Å². The van der Waals surface area contributed by atoms with Crippen LogP contribution in [-0.2, 0) is 4.79 Å². The number of hydrogen-bond acceptors (Lipinski definition) is 2. The maximum atomic E-state index is 12.6. The monoisotopic (exact) mass is 298 g/mol. The first-order valence-electron chi connectivity index (χ1n) is 8.29. The van der Waals surface area contributed by atoms with Gasteiger partial charge in [0.05, 0.1) is 5.54 Å². The minimum absolute atomic E-state index is 0.0606. The van der Waals surface area contributed by atoms with Gasteiger partial charge in [0.1, 0.15) is 0 Å². The van der Waals surface area contributed by atoms with E-state index < -0.39 is 0 Å². The van der Waals surface area contributed by atoms with Crippen LogP contribution >= 0.6 is 0 Å². The van der Waals surface area contributed by atoms with Gasteiger partial charge in [-0.05, 0) is 50.4 Å². The molecule has 3 rings (SSSR count). The Morgan fingerprint density at radius 1 is 1.36 bits per heavy atom. The summed E-state index contributed by atoms with van der Waals surface area (Å²) < 4.78 is 0. The van der Waals surface area contributed by atoms with Crippen LogP contribution in [0.2, 0.25) is 0 Å². The zero-order chi connectivity index (χ0) is 15.7. The van der Waals surface area contributed by atoms with Gasteiger partial charge in [-0.2, -0.15) is 0 Å². The predicted octanol–water partition coefficient (Wildman–Crippen LogP) is 2.74. The molecule has 0 aromatic rings. The Hall–Kier alpha value is -1.61. The Bertz CT molecular complexity index is 574.